The van der Waals surface area contributed by atoms with Crippen LogP contribution < -0.4 is 10.9 Å². The van der Waals surface area contributed by atoms with E-state index in [9.17, 15) is 9.59 Å². The summed E-state index contributed by atoms with van der Waals surface area (Å²) in [6.07, 6.45) is 3.28. The van der Waals surface area contributed by atoms with Crippen molar-refractivity contribution in [1.82, 2.24) is 25.5 Å². The number of imidazole rings is 1. The highest BCUT2D eigenvalue weighted by Crippen LogP contribution is 2.05. The van der Waals surface area contributed by atoms with Crippen LogP contribution >= 0.6 is 0 Å². The predicted molar refractivity (Wildman–Crippen MR) is 59.3 cm³/mol. The SMILES string of the molecule is CC(NC(=O)c1ccc(=O)[nH]n1)c1ncc[nH]1. The predicted octanol–water partition coefficient (Wildman–Crippen LogP) is -0.0160. The zero-order chi connectivity index (χ0) is 12.3. The number of nitrogens with zero attached hydrogens (tertiary/aromatic N) is 2. The topological polar surface area (TPSA) is 104 Å². The van der Waals surface area contributed by atoms with Gasteiger partial charge >= 0.3 is 0 Å². The van der Waals surface area contributed by atoms with Gasteiger partial charge in [0.25, 0.3) is 11.5 Å². The monoisotopic (exact) mass is 233 g/mol. The van der Waals surface area contributed by atoms with Crippen molar-refractivity contribution < 1.29 is 4.79 Å². The number of H-pyrrole nitrogens is 2. The van der Waals surface area contributed by atoms with E-state index in [1.165, 1.54) is 12.1 Å². The lowest BCUT2D eigenvalue weighted by Gasteiger charge is -2.10. The molecule has 88 valence electrons. The maximum Gasteiger partial charge on any atom is 0.272 e. The van der Waals surface area contributed by atoms with Crippen molar-refractivity contribution in [3.63, 3.8) is 0 Å². The maximum atomic E-state index is 11.7. The fraction of sp³-hybridized carbons (Fsp3) is 0.200. The molecule has 0 saturated carbocycles. The van der Waals surface area contributed by atoms with Gasteiger partial charge in [0.2, 0.25) is 0 Å². The van der Waals surface area contributed by atoms with Crippen LogP contribution in [0.3, 0.4) is 0 Å². The summed E-state index contributed by atoms with van der Waals surface area (Å²) in [7, 11) is 0. The summed E-state index contributed by atoms with van der Waals surface area (Å²) in [5.74, 6) is 0.285. The first-order valence-electron chi connectivity index (χ1n) is 5.02. The molecule has 0 bridgehead atoms. The standard InChI is InChI=1S/C10H11N5O2/c1-6(9-11-4-5-12-9)13-10(17)7-2-3-8(16)15-14-7/h2-6H,1H3,(H,11,12)(H,13,17)(H,15,16). The molecule has 0 spiro atoms. The molecule has 1 unspecified atom stereocenters. The summed E-state index contributed by atoms with van der Waals surface area (Å²) >= 11 is 0. The number of carbonyl (C=O) groups is 1. The van der Waals surface area contributed by atoms with Crippen molar-refractivity contribution in [2.45, 2.75) is 13.0 Å². The Morgan fingerprint density at radius 1 is 1.47 bits per heavy atom. The first kappa shape index (κ1) is 11.1. The lowest BCUT2D eigenvalue weighted by atomic mass is 10.3. The van der Waals surface area contributed by atoms with E-state index in [4.69, 9.17) is 0 Å². The van der Waals surface area contributed by atoms with Crippen LogP contribution in [-0.4, -0.2) is 26.1 Å². The Morgan fingerprint density at radius 3 is 2.88 bits per heavy atom. The molecule has 0 aromatic carbocycles. The number of carbonyl (C=O) groups excluding carboxylic acids is 1. The summed E-state index contributed by atoms with van der Waals surface area (Å²) in [5, 5.41) is 8.53. The molecule has 0 radical (unpaired) electrons. The molecule has 17 heavy (non-hydrogen) atoms. The third kappa shape index (κ3) is 2.57. The lowest BCUT2D eigenvalue weighted by Crippen LogP contribution is -2.29. The van der Waals surface area contributed by atoms with E-state index >= 15 is 0 Å². The van der Waals surface area contributed by atoms with Gasteiger partial charge in [-0.2, -0.15) is 5.10 Å². The minimum atomic E-state index is -0.370. The van der Waals surface area contributed by atoms with Crippen LogP contribution in [0.15, 0.2) is 29.3 Å². The molecule has 3 N–H and O–H groups in total. The Morgan fingerprint density at radius 2 is 2.29 bits per heavy atom. The van der Waals surface area contributed by atoms with Gasteiger partial charge in [0, 0.05) is 18.5 Å². The van der Waals surface area contributed by atoms with Gasteiger partial charge in [0.1, 0.15) is 11.5 Å². The molecule has 2 rings (SSSR count). The largest absolute Gasteiger partial charge is 0.347 e. The molecule has 7 nitrogen and oxygen atoms in total. The Labute approximate surface area is 96.3 Å². The molecule has 2 aromatic heterocycles. The van der Waals surface area contributed by atoms with Crippen LogP contribution in [0.5, 0.6) is 0 Å². The molecule has 1 amide bonds. The molecule has 0 aliphatic rings. The first-order valence-corrected chi connectivity index (χ1v) is 5.02. The molecule has 0 aliphatic carbocycles. The number of rotatable bonds is 3. The van der Waals surface area contributed by atoms with Crippen LogP contribution in [0.2, 0.25) is 0 Å². The molecule has 0 saturated heterocycles. The summed E-state index contributed by atoms with van der Waals surface area (Å²) in [6, 6.07) is 2.36. The van der Waals surface area contributed by atoms with Gasteiger partial charge < -0.3 is 10.3 Å². The van der Waals surface area contributed by atoms with Crippen molar-refractivity contribution in [3.8, 4) is 0 Å². The second kappa shape index (κ2) is 4.60. The highest BCUT2D eigenvalue weighted by Gasteiger charge is 2.13. The fourth-order valence-corrected chi connectivity index (χ4v) is 1.32. The van der Waals surface area contributed by atoms with E-state index in [1.54, 1.807) is 19.3 Å². The van der Waals surface area contributed by atoms with Gasteiger partial charge in [-0.15, -0.1) is 0 Å². The number of aromatic amines is 2. The van der Waals surface area contributed by atoms with Crippen molar-refractivity contribution in [2.24, 2.45) is 0 Å². The summed E-state index contributed by atoms with van der Waals surface area (Å²) in [4.78, 5) is 29.4. The molecule has 0 fully saturated rings. The first-order chi connectivity index (χ1) is 8.16. The Bertz CT molecular complexity index is 540. The van der Waals surface area contributed by atoms with Gasteiger partial charge in [0.05, 0.1) is 6.04 Å². The third-order valence-electron chi connectivity index (χ3n) is 2.19. The van der Waals surface area contributed by atoms with E-state index in [0.29, 0.717) is 5.82 Å². The normalized spacial score (nSPS) is 12.1. The minimum absolute atomic E-state index is 0.156. The number of nitrogens with one attached hydrogen (secondary N) is 3. The van der Waals surface area contributed by atoms with E-state index < -0.39 is 0 Å². The molecule has 0 aliphatic heterocycles. The Balaban J connectivity index is 2.07. The molecule has 1 atom stereocenters. The van der Waals surface area contributed by atoms with Crippen molar-refractivity contribution in [3.05, 3.63) is 46.4 Å². The highest BCUT2D eigenvalue weighted by molar-refractivity contribution is 5.92. The van der Waals surface area contributed by atoms with Gasteiger partial charge in [0.15, 0.2) is 0 Å². The summed E-state index contributed by atoms with van der Waals surface area (Å²) in [6.45, 7) is 1.79. The molecule has 7 heteroatoms. The highest BCUT2D eigenvalue weighted by atomic mass is 16.2. The lowest BCUT2D eigenvalue weighted by molar-refractivity contribution is 0.0932. The summed E-state index contributed by atoms with van der Waals surface area (Å²) in [5.41, 5.74) is -0.191. The van der Waals surface area contributed by atoms with Crippen LogP contribution in [0.4, 0.5) is 0 Å². The second-order valence-corrected chi connectivity index (χ2v) is 3.48. The van der Waals surface area contributed by atoms with E-state index in [1.807, 2.05) is 0 Å². The van der Waals surface area contributed by atoms with Gasteiger partial charge in [-0.05, 0) is 13.0 Å². The van der Waals surface area contributed by atoms with Crippen molar-refractivity contribution in [2.75, 3.05) is 0 Å². The average molecular weight is 233 g/mol. The van der Waals surface area contributed by atoms with Crippen LogP contribution in [-0.2, 0) is 0 Å². The number of hydrogen-bond donors (Lipinski definition) is 3. The van der Waals surface area contributed by atoms with Gasteiger partial charge in [-0.3, -0.25) is 9.59 Å². The van der Waals surface area contributed by atoms with Crippen molar-refractivity contribution in [1.29, 1.82) is 0 Å². The molecular weight excluding hydrogens is 222 g/mol. The van der Waals surface area contributed by atoms with Crippen LogP contribution in [0.1, 0.15) is 29.3 Å². The zero-order valence-corrected chi connectivity index (χ0v) is 9.10. The van der Waals surface area contributed by atoms with Gasteiger partial charge in [-0.25, -0.2) is 10.1 Å². The fourth-order valence-electron chi connectivity index (χ4n) is 1.32. The Kier molecular flexibility index (Phi) is 2.99. The number of aromatic nitrogens is 4. The minimum Gasteiger partial charge on any atom is -0.347 e. The van der Waals surface area contributed by atoms with Gasteiger partial charge in [-0.1, -0.05) is 0 Å². The molecule has 2 heterocycles. The second-order valence-electron chi connectivity index (χ2n) is 3.48. The third-order valence-corrected chi connectivity index (χ3v) is 2.19. The number of amides is 1. The molecular formula is C10H11N5O2. The maximum absolute atomic E-state index is 11.7. The zero-order valence-electron chi connectivity index (χ0n) is 9.10. The van der Waals surface area contributed by atoms with Crippen molar-refractivity contribution >= 4 is 5.91 Å². The van der Waals surface area contributed by atoms with E-state index in [-0.39, 0.29) is 23.2 Å². The summed E-state index contributed by atoms with van der Waals surface area (Å²) < 4.78 is 0. The smallest absolute Gasteiger partial charge is 0.272 e. The van der Waals surface area contributed by atoms with Crippen LogP contribution in [0.25, 0.3) is 0 Å². The quantitative estimate of drug-likeness (QED) is 0.693. The molecule has 2 aromatic rings. The Hall–Kier alpha value is -2.44. The van der Waals surface area contributed by atoms with E-state index in [0.717, 1.165) is 0 Å². The van der Waals surface area contributed by atoms with Crippen LogP contribution in [0, 0.1) is 0 Å². The van der Waals surface area contributed by atoms with E-state index in [2.05, 4.69) is 25.5 Å². The number of hydrogen-bond acceptors (Lipinski definition) is 4. The average Bonchev–Trinajstić information content (AvgIpc) is 2.83.